The molecule has 0 spiro atoms. The number of rotatable bonds is 13. The van der Waals surface area contributed by atoms with Crippen molar-refractivity contribution in [1.82, 2.24) is 15.5 Å². The summed E-state index contributed by atoms with van der Waals surface area (Å²) in [6, 6.07) is 5.27. The summed E-state index contributed by atoms with van der Waals surface area (Å²) in [4.78, 5) is 54.1. The maximum atomic E-state index is 14.3. The second-order valence-electron chi connectivity index (χ2n) is 11.5. The van der Waals surface area contributed by atoms with Crippen LogP contribution in [0.1, 0.15) is 105 Å². The van der Waals surface area contributed by atoms with E-state index < -0.39 is 41.1 Å². The smallest absolute Gasteiger partial charge is 0.408 e. The van der Waals surface area contributed by atoms with Crippen LogP contribution in [0.4, 0.5) is 4.79 Å². The molecule has 214 valence electrons. The van der Waals surface area contributed by atoms with E-state index in [0.717, 1.165) is 18.4 Å². The zero-order valence-electron chi connectivity index (χ0n) is 24.6. The van der Waals surface area contributed by atoms with E-state index in [0.29, 0.717) is 12.0 Å². The number of nitrogens with zero attached hydrogens (tertiary/aromatic N) is 1. The Morgan fingerprint density at radius 3 is 2.11 bits per heavy atom. The molecule has 0 aliphatic rings. The average Bonchev–Trinajstić information content (AvgIpc) is 2.79. The van der Waals surface area contributed by atoms with Gasteiger partial charge in [0.05, 0.1) is 0 Å². The largest absolute Gasteiger partial charge is 0.444 e. The average molecular weight is 533 g/mol. The van der Waals surface area contributed by atoms with Crippen LogP contribution in [-0.4, -0.2) is 51.9 Å². The number of primary amides is 1. The highest BCUT2D eigenvalue weighted by molar-refractivity contribution is 5.93. The van der Waals surface area contributed by atoms with Gasteiger partial charge in [-0.2, -0.15) is 0 Å². The minimum absolute atomic E-state index is 0.0297. The standard InChI is InChI=1S/C29H48N4O5/c1-10-14-20(4)31-25(35)24(21-16-13-12-15-19(21)3)33(29(8,9)11-2)26(36)22(17-18-23(30)34)32-27(37)38-28(5,6)7/h12-13,15-16,20,22,24H,10-11,14,17-18H2,1-9H3,(H2,30,34)(H,31,35)(H,32,37). The fraction of sp³-hybridized carbons (Fsp3) is 0.655. The van der Waals surface area contributed by atoms with Gasteiger partial charge in [-0.05, 0) is 78.9 Å². The number of alkyl carbamates (subject to hydrolysis) is 1. The van der Waals surface area contributed by atoms with Gasteiger partial charge in [-0.3, -0.25) is 14.4 Å². The summed E-state index contributed by atoms with van der Waals surface area (Å²) in [5.41, 5.74) is 5.37. The fourth-order valence-electron chi connectivity index (χ4n) is 4.23. The van der Waals surface area contributed by atoms with Gasteiger partial charge in [0.1, 0.15) is 17.7 Å². The Morgan fingerprint density at radius 2 is 1.61 bits per heavy atom. The van der Waals surface area contributed by atoms with Crippen molar-refractivity contribution in [3.8, 4) is 0 Å². The first-order chi connectivity index (χ1) is 17.5. The zero-order valence-corrected chi connectivity index (χ0v) is 24.6. The van der Waals surface area contributed by atoms with E-state index in [9.17, 15) is 19.2 Å². The lowest BCUT2D eigenvalue weighted by atomic mass is 9.90. The lowest BCUT2D eigenvalue weighted by Crippen LogP contribution is -2.60. The van der Waals surface area contributed by atoms with E-state index in [4.69, 9.17) is 10.5 Å². The first-order valence-electron chi connectivity index (χ1n) is 13.5. The molecule has 1 aromatic rings. The number of nitrogens with two attached hydrogens (primary N) is 1. The van der Waals surface area contributed by atoms with Gasteiger partial charge in [-0.15, -0.1) is 0 Å². The number of amides is 4. The van der Waals surface area contributed by atoms with Crippen LogP contribution in [0.15, 0.2) is 24.3 Å². The molecule has 1 aromatic carbocycles. The zero-order chi connectivity index (χ0) is 29.3. The molecule has 3 atom stereocenters. The normalized spacial score (nSPS) is 14.1. The lowest BCUT2D eigenvalue weighted by Gasteiger charge is -2.45. The van der Waals surface area contributed by atoms with Crippen molar-refractivity contribution in [3.05, 3.63) is 35.4 Å². The molecule has 3 unspecified atom stereocenters. The van der Waals surface area contributed by atoms with Crippen LogP contribution in [0, 0.1) is 6.92 Å². The van der Waals surface area contributed by atoms with E-state index in [-0.39, 0.29) is 24.8 Å². The Morgan fingerprint density at radius 1 is 1.00 bits per heavy atom. The molecule has 0 aromatic heterocycles. The van der Waals surface area contributed by atoms with Crippen LogP contribution in [0.5, 0.6) is 0 Å². The Bertz CT molecular complexity index is 970. The van der Waals surface area contributed by atoms with Crippen molar-refractivity contribution in [2.45, 2.75) is 124 Å². The monoisotopic (exact) mass is 532 g/mol. The van der Waals surface area contributed by atoms with Crippen LogP contribution in [0.2, 0.25) is 0 Å². The van der Waals surface area contributed by atoms with Crippen molar-refractivity contribution in [2.75, 3.05) is 0 Å². The van der Waals surface area contributed by atoms with Crippen LogP contribution in [0.3, 0.4) is 0 Å². The van der Waals surface area contributed by atoms with Gasteiger partial charge < -0.3 is 26.0 Å². The minimum Gasteiger partial charge on any atom is -0.444 e. The van der Waals surface area contributed by atoms with Crippen molar-refractivity contribution < 1.29 is 23.9 Å². The Balaban J connectivity index is 3.67. The summed E-state index contributed by atoms with van der Waals surface area (Å²) in [6.45, 7) is 16.7. The number of aryl methyl sites for hydroxylation is 1. The molecular formula is C29H48N4O5. The van der Waals surface area contributed by atoms with Gasteiger partial charge >= 0.3 is 6.09 Å². The minimum atomic E-state index is -1.13. The number of benzene rings is 1. The molecular weight excluding hydrogens is 484 g/mol. The van der Waals surface area contributed by atoms with Gasteiger partial charge in [0.25, 0.3) is 0 Å². The summed E-state index contributed by atoms with van der Waals surface area (Å²) < 4.78 is 5.39. The molecule has 0 aliphatic carbocycles. The molecule has 4 N–H and O–H groups in total. The van der Waals surface area contributed by atoms with E-state index >= 15 is 0 Å². The summed E-state index contributed by atoms with van der Waals surface area (Å²) in [7, 11) is 0. The van der Waals surface area contributed by atoms with Gasteiger partial charge in [0, 0.05) is 18.0 Å². The van der Waals surface area contributed by atoms with Gasteiger partial charge in [0.15, 0.2) is 0 Å². The molecule has 9 heteroatoms. The second kappa shape index (κ2) is 14.2. The number of carbonyl (C=O) groups excluding carboxylic acids is 4. The van der Waals surface area contributed by atoms with E-state index in [1.165, 1.54) is 0 Å². The molecule has 0 aliphatic heterocycles. The number of carbonyl (C=O) groups is 4. The van der Waals surface area contributed by atoms with Gasteiger partial charge in [-0.1, -0.05) is 44.5 Å². The molecule has 0 fully saturated rings. The molecule has 0 bridgehead atoms. The fourth-order valence-corrected chi connectivity index (χ4v) is 4.23. The van der Waals surface area contributed by atoms with Crippen LogP contribution in [0.25, 0.3) is 0 Å². The number of hydrogen-bond acceptors (Lipinski definition) is 5. The number of hydrogen-bond donors (Lipinski definition) is 3. The van der Waals surface area contributed by atoms with Crippen LogP contribution in [-0.2, 0) is 19.1 Å². The maximum Gasteiger partial charge on any atom is 0.408 e. The highest BCUT2D eigenvalue weighted by Gasteiger charge is 2.43. The predicted octanol–water partition coefficient (Wildman–Crippen LogP) is 4.52. The van der Waals surface area contributed by atoms with E-state index in [1.54, 1.807) is 25.7 Å². The topological polar surface area (TPSA) is 131 Å². The summed E-state index contributed by atoms with van der Waals surface area (Å²) in [5, 5.41) is 5.71. The maximum absolute atomic E-state index is 14.3. The second-order valence-corrected chi connectivity index (χ2v) is 11.5. The molecule has 9 nitrogen and oxygen atoms in total. The highest BCUT2D eigenvalue weighted by atomic mass is 16.6. The SMILES string of the molecule is CCCC(C)NC(=O)C(c1ccccc1C)N(C(=O)C(CCC(N)=O)NC(=O)OC(C)(C)C)C(C)(C)CC. The van der Waals surface area contributed by atoms with E-state index in [1.807, 2.05) is 65.8 Å². The summed E-state index contributed by atoms with van der Waals surface area (Å²) >= 11 is 0. The molecule has 0 radical (unpaired) electrons. The van der Waals surface area contributed by atoms with Crippen LogP contribution >= 0.6 is 0 Å². The first-order valence-corrected chi connectivity index (χ1v) is 13.5. The Hall–Kier alpha value is -3.10. The third-order valence-corrected chi connectivity index (χ3v) is 6.52. The molecule has 0 saturated heterocycles. The third kappa shape index (κ3) is 9.99. The summed E-state index contributed by atoms with van der Waals surface area (Å²) in [5.74, 6) is -1.40. The quantitative estimate of drug-likeness (QED) is 0.344. The van der Waals surface area contributed by atoms with Crippen molar-refractivity contribution in [1.29, 1.82) is 0 Å². The Kier molecular flexibility index (Phi) is 12.3. The molecule has 4 amide bonds. The van der Waals surface area contributed by atoms with Gasteiger partial charge in [0.2, 0.25) is 17.7 Å². The number of ether oxygens (including phenoxy) is 1. The first kappa shape index (κ1) is 32.9. The molecule has 0 heterocycles. The Labute approximate surface area is 228 Å². The number of nitrogens with one attached hydrogen (secondary N) is 2. The third-order valence-electron chi connectivity index (χ3n) is 6.52. The highest BCUT2D eigenvalue weighted by Crippen LogP contribution is 2.34. The van der Waals surface area contributed by atoms with Crippen molar-refractivity contribution in [3.63, 3.8) is 0 Å². The molecule has 38 heavy (non-hydrogen) atoms. The van der Waals surface area contributed by atoms with Crippen molar-refractivity contribution in [2.24, 2.45) is 5.73 Å². The summed E-state index contributed by atoms with van der Waals surface area (Å²) in [6.07, 6.45) is 1.28. The van der Waals surface area contributed by atoms with Gasteiger partial charge in [-0.25, -0.2) is 4.79 Å². The molecule has 0 saturated carbocycles. The van der Waals surface area contributed by atoms with Crippen molar-refractivity contribution >= 4 is 23.8 Å². The molecule has 1 rings (SSSR count). The predicted molar refractivity (Wildman–Crippen MR) is 149 cm³/mol. The van der Waals surface area contributed by atoms with Crippen LogP contribution < -0.4 is 16.4 Å². The van der Waals surface area contributed by atoms with E-state index in [2.05, 4.69) is 10.6 Å². The lowest BCUT2D eigenvalue weighted by molar-refractivity contribution is -0.149.